The van der Waals surface area contributed by atoms with Gasteiger partial charge in [-0.15, -0.1) is 10.2 Å². The van der Waals surface area contributed by atoms with Gasteiger partial charge in [-0.3, -0.25) is 4.98 Å². The number of pyridine rings is 1. The van der Waals surface area contributed by atoms with Crippen molar-refractivity contribution in [2.45, 2.75) is 4.90 Å². The quantitative estimate of drug-likeness (QED) is 0.468. The summed E-state index contributed by atoms with van der Waals surface area (Å²) in [7, 11) is -2.57. The molecule has 0 atom stereocenters. The van der Waals surface area contributed by atoms with Gasteiger partial charge in [0.1, 0.15) is 16.9 Å². The van der Waals surface area contributed by atoms with Gasteiger partial charge in [0.05, 0.1) is 12.0 Å². The van der Waals surface area contributed by atoms with Gasteiger partial charge in [0.15, 0.2) is 0 Å². The van der Waals surface area contributed by atoms with Gasteiger partial charge >= 0.3 is 0 Å². The molecule has 28 heavy (non-hydrogen) atoms. The number of benzene rings is 2. The number of methoxy groups -OCH3 is 1. The predicted molar refractivity (Wildman–Crippen MR) is 109 cm³/mol. The first-order valence-corrected chi connectivity index (χ1v) is 10.7. The van der Waals surface area contributed by atoms with E-state index in [-0.39, 0.29) is 10.0 Å². The summed E-state index contributed by atoms with van der Waals surface area (Å²) in [6.07, 6.45) is 3.29. The number of rotatable bonds is 5. The minimum absolute atomic E-state index is 0.110. The number of halogens is 1. The van der Waals surface area contributed by atoms with E-state index < -0.39 is 10.0 Å². The Labute approximate surface area is 170 Å². The number of anilines is 2. The Kier molecular flexibility index (Phi) is 4.88. The van der Waals surface area contributed by atoms with Crippen LogP contribution in [0, 0.1) is 0 Å². The molecule has 0 saturated carbocycles. The van der Waals surface area contributed by atoms with Gasteiger partial charge in [0, 0.05) is 28.9 Å². The molecule has 4 rings (SSSR count). The highest BCUT2D eigenvalue weighted by atomic mass is 35.5. The molecule has 0 unspecified atom stereocenters. The number of hydrogen-bond acceptors (Lipinski definition) is 7. The molecular weight excluding hydrogens is 420 g/mol. The molecule has 0 saturated heterocycles. The van der Waals surface area contributed by atoms with Crippen LogP contribution in [0.3, 0.4) is 0 Å². The van der Waals surface area contributed by atoms with Crippen LogP contribution in [0.1, 0.15) is 0 Å². The zero-order chi connectivity index (χ0) is 19.7. The van der Waals surface area contributed by atoms with Crippen LogP contribution in [0.25, 0.3) is 10.8 Å². The summed E-state index contributed by atoms with van der Waals surface area (Å²) in [5.41, 5.74) is 1.75. The highest BCUT2D eigenvalue weighted by molar-refractivity contribution is 7.93. The minimum Gasteiger partial charge on any atom is -0.494 e. The molecule has 0 spiro atoms. The summed E-state index contributed by atoms with van der Waals surface area (Å²) in [6, 6.07) is 11.3. The van der Waals surface area contributed by atoms with Gasteiger partial charge in [-0.25, -0.2) is 12.7 Å². The van der Waals surface area contributed by atoms with E-state index in [1.807, 2.05) is 0 Å². The molecular formula is C18H13ClN4O3S2. The topological polar surface area (TPSA) is 85.3 Å². The Bertz CT molecular complexity index is 1250. The third kappa shape index (κ3) is 3.28. The van der Waals surface area contributed by atoms with E-state index in [1.54, 1.807) is 48.8 Å². The standard InChI is InChI=1S/C18H13ClN4O3S2/c1-26-17-9-14(19)3-5-16(17)23(18-22-21-11-27-18)28(24,25)15-4-2-13-10-20-7-6-12(13)8-15/h2-11H,1H3. The van der Waals surface area contributed by atoms with E-state index in [2.05, 4.69) is 15.2 Å². The molecule has 2 heterocycles. The molecule has 0 N–H and O–H groups in total. The fourth-order valence-corrected chi connectivity index (χ4v) is 5.18. The molecule has 0 radical (unpaired) electrons. The molecule has 0 aliphatic rings. The van der Waals surface area contributed by atoms with E-state index in [0.717, 1.165) is 26.4 Å². The van der Waals surface area contributed by atoms with Crippen molar-refractivity contribution < 1.29 is 13.2 Å². The Morgan fingerprint density at radius 3 is 2.71 bits per heavy atom. The van der Waals surface area contributed by atoms with E-state index >= 15 is 0 Å². The second kappa shape index (κ2) is 7.34. The molecule has 0 aliphatic carbocycles. The normalized spacial score (nSPS) is 11.5. The Balaban J connectivity index is 1.93. The largest absolute Gasteiger partial charge is 0.494 e. The lowest BCUT2D eigenvalue weighted by Crippen LogP contribution is -2.26. The second-order valence-corrected chi connectivity index (χ2v) is 8.73. The van der Waals surface area contributed by atoms with Crippen molar-refractivity contribution in [3.8, 4) is 5.75 Å². The number of fused-ring (bicyclic) bond motifs is 1. The molecule has 0 amide bonds. The minimum atomic E-state index is -4.02. The van der Waals surface area contributed by atoms with E-state index in [0.29, 0.717) is 16.5 Å². The lowest BCUT2D eigenvalue weighted by molar-refractivity contribution is 0.416. The molecule has 10 heteroatoms. The third-order valence-corrected chi connectivity index (χ3v) is 6.76. The monoisotopic (exact) mass is 432 g/mol. The zero-order valence-corrected chi connectivity index (χ0v) is 16.9. The lowest BCUT2D eigenvalue weighted by Gasteiger charge is -2.23. The number of ether oxygens (including phenoxy) is 1. The van der Waals surface area contributed by atoms with Crippen LogP contribution in [0.15, 0.2) is 65.3 Å². The van der Waals surface area contributed by atoms with Gasteiger partial charge in [-0.2, -0.15) is 0 Å². The van der Waals surface area contributed by atoms with Crippen molar-refractivity contribution in [3.63, 3.8) is 0 Å². The fraction of sp³-hybridized carbons (Fsp3) is 0.0556. The van der Waals surface area contributed by atoms with E-state index in [9.17, 15) is 8.42 Å². The lowest BCUT2D eigenvalue weighted by atomic mass is 10.2. The fourth-order valence-electron chi connectivity index (χ4n) is 2.74. The Morgan fingerprint density at radius 2 is 1.96 bits per heavy atom. The third-order valence-electron chi connectivity index (χ3n) is 4.03. The number of aromatic nitrogens is 3. The summed E-state index contributed by atoms with van der Waals surface area (Å²) in [5, 5.41) is 9.96. The van der Waals surface area contributed by atoms with Crippen molar-refractivity contribution in [1.29, 1.82) is 0 Å². The van der Waals surface area contributed by atoms with Crippen LogP contribution in [0.4, 0.5) is 10.8 Å². The van der Waals surface area contributed by atoms with Crippen molar-refractivity contribution in [2.75, 3.05) is 11.4 Å². The number of nitrogens with zero attached hydrogens (tertiary/aromatic N) is 4. The summed E-state index contributed by atoms with van der Waals surface area (Å²) in [4.78, 5) is 4.16. The number of hydrogen-bond donors (Lipinski definition) is 0. The summed E-state index contributed by atoms with van der Waals surface area (Å²) >= 11 is 7.14. The first-order valence-electron chi connectivity index (χ1n) is 7.99. The summed E-state index contributed by atoms with van der Waals surface area (Å²) in [5.74, 6) is 0.302. The highest BCUT2D eigenvalue weighted by Crippen LogP contribution is 2.40. The van der Waals surface area contributed by atoms with E-state index in [1.165, 1.54) is 18.7 Å². The molecule has 0 aliphatic heterocycles. The maximum absolute atomic E-state index is 13.6. The maximum atomic E-state index is 13.6. The van der Waals surface area contributed by atoms with Crippen molar-refractivity contribution in [3.05, 3.63) is 65.4 Å². The van der Waals surface area contributed by atoms with Crippen LogP contribution in [0.2, 0.25) is 5.02 Å². The van der Waals surface area contributed by atoms with Crippen LogP contribution < -0.4 is 9.04 Å². The molecule has 142 valence electrons. The van der Waals surface area contributed by atoms with Crippen LogP contribution in [-0.4, -0.2) is 30.7 Å². The molecule has 2 aromatic carbocycles. The van der Waals surface area contributed by atoms with Gasteiger partial charge in [0.25, 0.3) is 10.0 Å². The van der Waals surface area contributed by atoms with Gasteiger partial charge in [-0.05, 0) is 35.7 Å². The first-order chi connectivity index (χ1) is 13.5. The van der Waals surface area contributed by atoms with Crippen LogP contribution in [-0.2, 0) is 10.0 Å². The first kappa shape index (κ1) is 18.6. The molecule has 2 aromatic heterocycles. The van der Waals surface area contributed by atoms with Gasteiger partial charge < -0.3 is 4.74 Å². The SMILES string of the molecule is COc1cc(Cl)ccc1N(c1nncs1)S(=O)(=O)c1ccc2cnccc2c1. The summed E-state index contributed by atoms with van der Waals surface area (Å²) < 4.78 is 33.7. The van der Waals surface area contributed by atoms with Gasteiger partial charge in [0.2, 0.25) is 5.13 Å². The molecule has 4 aromatic rings. The summed E-state index contributed by atoms with van der Waals surface area (Å²) in [6.45, 7) is 0. The molecule has 0 bridgehead atoms. The van der Waals surface area contributed by atoms with E-state index in [4.69, 9.17) is 16.3 Å². The second-order valence-electron chi connectivity index (χ2n) is 5.69. The smallest absolute Gasteiger partial charge is 0.270 e. The average molecular weight is 433 g/mol. The van der Waals surface area contributed by atoms with Gasteiger partial charge in [-0.1, -0.05) is 29.0 Å². The Hall–Kier alpha value is -2.75. The van der Waals surface area contributed by atoms with Crippen molar-refractivity contribution in [2.24, 2.45) is 0 Å². The number of sulfonamides is 1. The maximum Gasteiger partial charge on any atom is 0.270 e. The molecule has 0 fully saturated rings. The van der Waals surface area contributed by atoms with Crippen molar-refractivity contribution in [1.82, 2.24) is 15.2 Å². The Morgan fingerprint density at radius 1 is 1.11 bits per heavy atom. The van der Waals surface area contributed by atoms with Crippen molar-refractivity contribution >= 4 is 54.6 Å². The predicted octanol–water partition coefficient (Wildman–Crippen LogP) is 4.28. The van der Waals surface area contributed by atoms with Crippen LogP contribution >= 0.6 is 22.9 Å². The molecule has 7 nitrogen and oxygen atoms in total. The zero-order valence-electron chi connectivity index (χ0n) is 14.5. The average Bonchev–Trinajstić information content (AvgIpc) is 3.22. The highest BCUT2D eigenvalue weighted by Gasteiger charge is 2.31. The van der Waals surface area contributed by atoms with Crippen LogP contribution in [0.5, 0.6) is 5.75 Å².